The van der Waals surface area contributed by atoms with Gasteiger partial charge in [0.15, 0.2) is 11.5 Å². The summed E-state index contributed by atoms with van der Waals surface area (Å²) in [4.78, 5) is 0. The quantitative estimate of drug-likeness (QED) is 0.0941. The molecule has 3 rings (SSSR count). The van der Waals surface area contributed by atoms with E-state index in [0.29, 0.717) is 50.5 Å². The molecule has 0 aliphatic heterocycles. The first-order chi connectivity index (χ1) is 18.9. The minimum absolute atomic E-state index is 0.00724. The van der Waals surface area contributed by atoms with Gasteiger partial charge in [0.05, 0.1) is 26.4 Å². The Labute approximate surface area is 229 Å². The topological polar surface area (TPSA) is 127 Å². The van der Waals surface area contributed by atoms with Crippen molar-refractivity contribution in [2.75, 3.05) is 32.5 Å². The number of rotatable bonds is 18. The number of phenolic OH excluding ortho intramolecular Hbond substituents is 1. The molecule has 0 fully saturated rings. The molecule has 0 spiro atoms. The summed E-state index contributed by atoms with van der Waals surface area (Å²) in [6.07, 6.45) is 1.28. The molecule has 0 aliphatic rings. The lowest BCUT2D eigenvalue weighted by Crippen LogP contribution is -2.37. The summed E-state index contributed by atoms with van der Waals surface area (Å²) in [5, 5.41) is 32.5. The van der Waals surface area contributed by atoms with Crippen LogP contribution in [0.2, 0.25) is 0 Å². The molecule has 0 radical (unpaired) electrons. The summed E-state index contributed by atoms with van der Waals surface area (Å²) in [6, 6.07) is 21.0. The first-order valence-corrected chi connectivity index (χ1v) is 14.9. The second-order valence-corrected chi connectivity index (χ2v) is 11.4. The van der Waals surface area contributed by atoms with E-state index in [0.717, 1.165) is 5.56 Å². The standard InChI is InChI=1S/C29H38NO8P/c1-2-37-39(34,19-9-17-35-22-23-10-4-3-5-11-23)29(38-28-13-7-6-12-27(28)33)30-16-8-18-36-25-14-15-26(32)24(20-25)21-31/h3-7,10-15,20,29-33H,2,8-9,16-19,21-22H2,1H3. The number of nitrogens with one attached hydrogen (secondary N) is 1. The van der Waals surface area contributed by atoms with Crippen molar-refractivity contribution in [3.8, 4) is 23.0 Å². The van der Waals surface area contributed by atoms with Crippen LogP contribution in [0.5, 0.6) is 23.0 Å². The molecule has 3 aromatic rings. The zero-order valence-corrected chi connectivity index (χ0v) is 23.1. The average molecular weight is 560 g/mol. The van der Waals surface area contributed by atoms with E-state index < -0.39 is 13.3 Å². The molecule has 0 amide bonds. The monoisotopic (exact) mass is 559 g/mol. The molecular weight excluding hydrogens is 521 g/mol. The Kier molecular flexibility index (Phi) is 12.6. The Balaban J connectivity index is 1.58. The van der Waals surface area contributed by atoms with Gasteiger partial charge in [-0.25, -0.2) is 0 Å². The van der Waals surface area contributed by atoms with Gasteiger partial charge in [-0.2, -0.15) is 0 Å². The van der Waals surface area contributed by atoms with E-state index >= 15 is 0 Å². The van der Waals surface area contributed by atoms with Crippen LogP contribution in [0.15, 0.2) is 72.8 Å². The van der Waals surface area contributed by atoms with Crippen molar-refractivity contribution in [2.45, 2.75) is 38.9 Å². The molecule has 9 nitrogen and oxygen atoms in total. The van der Waals surface area contributed by atoms with E-state index in [1.165, 1.54) is 12.1 Å². The van der Waals surface area contributed by atoms with Gasteiger partial charge in [-0.3, -0.25) is 9.88 Å². The van der Waals surface area contributed by atoms with Crippen LogP contribution in [0.25, 0.3) is 0 Å². The van der Waals surface area contributed by atoms with Gasteiger partial charge >= 0.3 is 0 Å². The zero-order chi connectivity index (χ0) is 27.9. The predicted octanol–water partition coefficient (Wildman–Crippen LogP) is 5.23. The summed E-state index contributed by atoms with van der Waals surface area (Å²) in [5.41, 5.74) is 1.45. The van der Waals surface area contributed by atoms with E-state index in [1.54, 1.807) is 37.3 Å². The molecule has 0 aliphatic carbocycles. The van der Waals surface area contributed by atoms with E-state index in [2.05, 4.69) is 5.32 Å². The van der Waals surface area contributed by atoms with Crippen molar-refractivity contribution in [2.24, 2.45) is 0 Å². The van der Waals surface area contributed by atoms with Crippen LogP contribution in [0.4, 0.5) is 0 Å². The third-order valence-corrected chi connectivity index (χ3v) is 8.45. The van der Waals surface area contributed by atoms with Crippen molar-refractivity contribution >= 4 is 7.37 Å². The van der Waals surface area contributed by atoms with E-state index in [1.807, 2.05) is 30.3 Å². The molecule has 0 saturated heterocycles. The van der Waals surface area contributed by atoms with Gasteiger partial charge in [-0.05, 0) is 55.7 Å². The molecule has 4 N–H and O–H groups in total. The number of phenols is 2. The fourth-order valence-electron chi connectivity index (χ4n) is 3.82. The predicted molar refractivity (Wildman–Crippen MR) is 149 cm³/mol. The van der Waals surface area contributed by atoms with Gasteiger partial charge in [0.25, 0.3) is 7.37 Å². The van der Waals surface area contributed by atoms with Crippen LogP contribution < -0.4 is 14.8 Å². The van der Waals surface area contributed by atoms with Crippen molar-refractivity contribution in [1.29, 1.82) is 0 Å². The molecule has 10 heteroatoms. The summed E-state index contributed by atoms with van der Waals surface area (Å²) < 4.78 is 37.3. The number of aromatic hydroxyl groups is 2. The number of aliphatic hydroxyl groups excluding tert-OH is 1. The van der Waals surface area contributed by atoms with E-state index in [-0.39, 0.29) is 36.6 Å². The van der Waals surface area contributed by atoms with Crippen molar-refractivity contribution in [3.63, 3.8) is 0 Å². The Morgan fingerprint density at radius 1 is 0.923 bits per heavy atom. The molecule has 0 aromatic heterocycles. The van der Waals surface area contributed by atoms with Gasteiger partial charge in [0.2, 0.25) is 5.97 Å². The summed E-state index contributed by atoms with van der Waals surface area (Å²) in [6.45, 7) is 3.33. The maximum atomic E-state index is 14.0. The van der Waals surface area contributed by atoms with Gasteiger partial charge in [0.1, 0.15) is 11.5 Å². The van der Waals surface area contributed by atoms with Crippen LogP contribution in [0.1, 0.15) is 30.9 Å². The van der Waals surface area contributed by atoms with E-state index in [4.69, 9.17) is 18.7 Å². The second-order valence-electron chi connectivity index (χ2n) is 8.80. The molecule has 2 atom stereocenters. The maximum Gasteiger partial charge on any atom is 0.257 e. The third-order valence-electron chi connectivity index (χ3n) is 5.81. The number of benzene rings is 3. The fraction of sp³-hybridized carbons (Fsp3) is 0.379. The van der Waals surface area contributed by atoms with Crippen molar-refractivity contribution < 1.29 is 38.6 Å². The molecule has 2 unspecified atom stereocenters. The van der Waals surface area contributed by atoms with Gasteiger partial charge in [-0.1, -0.05) is 42.5 Å². The highest BCUT2D eigenvalue weighted by Gasteiger charge is 2.36. The smallest absolute Gasteiger partial charge is 0.257 e. The average Bonchev–Trinajstić information content (AvgIpc) is 2.94. The molecule has 0 heterocycles. The van der Waals surface area contributed by atoms with Gasteiger partial charge < -0.3 is 34.1 Å². The lowest BCUT2D eigenvalue weighted by molar-refractivity contribution is 0.120. The molecule has 39 heavy (non-hydrogen) atoms. The Hall–Kier alpha value is -3.07. The van der Waals surface area contributed by atoms with Crippen LogP contribution in [0.3, 0.4) is 0 Å². The first kappa shape index (κ1) is 30.5. The van der Waals surface area contributed by atoms with Gasteiger partial charge in [0, 0.05) is 24.9 Å². The summed E-state index contributed by atoms with van der Waals surface area (Å²) in [7, 11) is -3.37. The summed E-state index contributed by atoms with van der Waals surface area (Å²) >= 11 is 0. The Morgan fingerprint density at radius 3 is 2.44 bits per heavy atom. The molecule has 212 valence electrons. The number of hydrogen-bond donors (Lipinski definition) is 4. The second kappa shape index (κ2) is 16.1. The Morgan fingerprint density at radius 2 is 1.69 bits per heavy atom. The van der Waals surface area contributed by atoms with Crippen LogP contribution in [0, 0.1) is 0 Å². The highest BCUT2D eigenvalue weighted by molar-refractivity contribution is 7.59. The molecule has 0 bridgehead atoms. The summed E-state index contributed by atoms with van der Waals surface area (Å²) in [5.74, 6) is -0.322. The third kappa shape index (κ3) is 9.88. The maximum absolute atomic E-state index is 14.0. The SMILES string of the molecule is CCOP(=O)(CCCOCc1ccccc1)C(NCCCOc1ccc(O)c(CO)c1)Oc1ccccc1O. The first-order valence-electron chi connectivity index (χ1n) is 13.0. The number of ether oxygens (including phenoxy) is 3. The highest BCUT2D eigenvalue weighted by Crippen LogP contribution is 2.52. The number of hydrogen-bond acceptors (Lipinski definition) is 9. The van der Waals surface area contributed by atoms with Crippen molar-refractivity contribution in [3.05, 3.63) is 83.9 Å². The highest BCUT2D eigenvalue weighted by atomic mass is 31.2. The largest absolute Gasteiger partial charge is 0.508 e. The van der Waals surface area contributed by atoms with Crippen LogP contribution in [-0.2, 0) is 27.0 Å². The minimum Gasteiger partial charge on any atom is -0.508 e. The van der Waals surface area contributed by atoms with Crippen LogP contribution >= 0.6 is 7.37 Å². The zero-order valence-electron chi connectivity index (χ0n) is 22.2. The fourth-order valence-corrected chi connectivity index (χ4v) is 6.01. The number of para-hydroxylation sites is 2. The van der Waals surface area contributed by atoms with Gasteiger partial charge in [-0.15, -0.1) is 0 Å². The van der Waals surface area contributed by atoms with E-state index in [9.17, 15) is 19.9 Å². The lowest BCUT2D eigenvalue weighted by atomic mass is 10.2. The minimum atomic E-state index is -3.37. The number of aliphatic hydroxyl groups is 1. The Bertz CT molecular complexity index is 1180. The molecular formula is C29H38NO8P. The lowest BCUT2D eigenvalue weighted by Gasteiger charge is -2.29. The normalized spacial score (nSPS) is 13.5. The molecule has 3 aromatic carbocycles. The molecule has 0 saturated carbocycles. The van der Waals surface area contributed by atoms with Crippen LogP contribution in [-0.4, -0.2) is 53.8 Å². The van der Waals surface area contributed by atoms with Crippen molar-refractivity contribution in [1.82, 2.24) is 5.32 Å².